The SMILES string of the molecule is COCC1CCN(CC(NC2CC2)C(=O)OC)CC1. The maximum absolute atomic E-state index is 11.8. The van der Waals surface area contributed by atoms with Crippen LogP contribution in [0.15, 0.2) is 0 Å². The molecule has 0 radical (unpaired) electrons. The molecule has 1 N–H and O–H groups in total. The van der Waals surface area contributed by atoms with Crippen molar-refractivity contribution in [3.8, 4) is 0 Å². The Morgan fingerprint density at radius 3 is 2.47 bits per heavy atom. The van der Waals surface area contributed by atoms with Crippen molar-refractivity contribution in [3.63, 3.8) is 0 Å². The fourth-order valence-corrected chi connectivity index (χ4v) is 2.70. The van der Waals surface area contributed by atoms with Crippen LogP contribution in [-0.4, -0.2) is 63.4 Å². The second-order valence-corrected chi connectivity index (χ2v) is 5.72. The van der Waals surface area contributed by atoms with Crippen LogP contribution in [-0.2, 0) is 14.3 Å². The molecule has 2 aliphatic rings. The summed E-state index contributed by atoms with van der Waals surface area (Å²) in [5.41, 5.74) is 0. The maximum atomic E-state index is 11.8. The Balaban J connectivity index is 1.75. The van der Waals surface area contributed by atoms with E-state index in [1.54, 1.807) is 7.11 Å². The zero-order valence-corrected chi connectivity index (χ0v) is 12.1. The van der Waals surface area contributed by atoms with Crippen LogP contribution < -0.4 is 5.32 Å². The molecule has 110 valence electrons. The van der Waals surface area contributed by atoms with Crippen LogP contribution in [0.5, 0.6) is 0 Å². The van der Waals surface area contributed by atoms with E-state index in [0.29, 0.717) is 12.0 Å². The first-order valence-corrected chi connectivity index (χ1v) is 7.28. The summed E-state index contributed by atoms with van der Waals surface area (Å²) in [5.74, 6) is 0.542. The van der Waals surface area contributed by atoms with Gasteiger partial charge in [-0.05, 0) is 44.7 Å². The second kappa shape index (κ2) is 7.22. The molecule has 1 aliphatic heterocycles. The monoisotopic (exact) mass is 270 g/mol. The summed E-state index contributed by atoms with van der Waals surface area (Å²) < 4.78 is 10.1. The highest BCUT2D eigenvalue weighted by Crippen LogP contribution is 2.21. The molecule has 1 saturated heterocycles. The van der Waals surface area contributed by atoms with Crippen LogP contribution in [0.25, 0.3) is 0 Å². The normalized spacial score (nSPS) is 23.3. The number of rotatable bonds is 7. The predicted octanol–water partition coefficient (Wildman–Crippen LogP) is 0.638. The molecule has 0 spiro atoms. The van der Waals surface area contributed by atoms with Crippen molar-refractivity contribution >= 4 is 5.97 Å². The maximum Gasteiger partial charge on any atom is 0.324 e. The Kier molecular flexibility index (Phi) is 5.60. The number of methoxy groups -OCH3 is 2. The minimum Gasteiger partial charge on any atom is -0.468 e. The van der Waals surface area contributed by atoms with E-state index in [1.165, 1.54) is 20.0 Å². The van der Waals surface area contributed by atoms with E-state index < -0.39 is 0 Å². The van der Waals surface area contributed by atoms with E-state index in [9.17, 15) is 4.79 Å². The van der Waals surface area contributed by atoms with Gasteiger partial charge in [0.15, 0.2) is 0 Å². The Morgan fingerprint density at radius 2 is 1.95 bits per heavy atom. The Hall–Kier alpha value is -0.650. The third kappa shape index (κ3) is 4.75. The lowest BCUT2D eigenvalue weighted by molar-refractivity contribution is -0.143. The standard InChI is InChI=1S/C14H26N2O3/c1-18-10-11-5-7-16(8-6-11)9-13(14(17)19-2)15-12-3-4-12/h11-13,15H,3-10H2,1-2H3. The first kappa shape index (κ1) is 14.8. The van der Waals surface area contributed by atoms with Gasteiger partial charge in [0.1, 0.15) is 6.04 Å². The van der Waals surface area contributed by atoms with Gasteiger partial charge in [-0.1, -0.05) is 0 Å². The number of likely N-dealkylation sites (tertiary alicyclic amines) is 1. The van der Waals surface area contributed by atoms with Crippen molar-refractivity contribution in [2.24, 2.45) is 5.92 Å². The van der Waals surface area contributed by atoms with Crippen molar-refractivity contribution in [2.45, 2.75) is 37.8 Å². The van der Waals surface area contributed by atoms with Crippen LogP contribution in [0.4, 0.5) is 0 Å². The summed E-state index contributed by atoms with van der Waals surface area (Å²) in [6.45, 7) is 3.72. The van der Waals surface area contributed by atoms with Gasteiger partial charge in [0.25, 0.3) is 0 Å². The molecule has 2 fully saturated rings. The van der Waals surface area contributed by atoms with Gasteiger partial charge in [-0.3, -0.25) is 4.79 Å². The van der Waals surface area contributed by atoms with E-state index in [1.807, 2.05) is 0 Å². The Labute approximate surface area is 115 Å². The van der Waals surface area contributed by atoms with Crippen molar-refractivity contribution in [1.82, 2.24) is 10.2 Å². The quantitative estimate of drug-likeness (QED) is 0.688. The number of piperidine rings is 1. The second-order valence-electron chi connectivity index (χ2n) is 5.72. The van der Waals surface area contributed by atoms with Gasteiger partial charge < -0.3 is 19.7 Å². The molecule has 19 heavy (non-hydrogen) atoms. The molecule has 0 amide bonds. The molecule has 1 unspecified atom stereocenters. The highest BCUT2D eigenvalue weighted by Gasteiger charge is 2.31. The topological polar surface area (TPSA) is 50.8 Å². The average Bonchev–Trinajstić information content (AvgIpc) is 3.23. The van der Waals surface area contributed by atoms with Crippen LogP contribution in [0.3, 0.4) is 0 Å². The molecule has 1 atom stereocenters. The minimum atomic E-state index is -0.170. The lowest BCUT2D eigenvalue weighted by Crippen LogP contribution is -2.49. The molecule has 1 aliphatic carbocycles. The van der Waals surface area contributed by atoms with Gasteiger partial charge in [0.2, 0.25) is 0 Å². The Morgan fingerprint density at radius 1 is 1.26 bits per heavy atom. The van der Waals surface area contributed by atoms with Crippen molar-refractivity contribution < 1.29 is 14.3 Å². The molecule has 5 heteroatoms. The van der Waals surface area contributed by atoms with Crippen molar-refractivity contribution in [2.75, 3.05) is 40.5 Å². The van der Waals surface area contributed by atoms with Crippen LogP contribution >= 0.6 is 0 Å². The summed E-state index contributed by atoms with van der Waals surface area (Å²) in [4.78, 5) is 14.1. The van der Waals surface area contributed by atoms with Gasteiger partial charge in [0.05, 0.1) is 7.11 Å². The highest BCUT2D eigenvalue weighted by atomic mass is 16.5. The molecule has 1 saturated carbocycles. The first-order valence-electron chi connectivity index (χ1n) is 7.28. The molecule has 5 nitrogen and oxygen atoms in total. The van der Waals surface area contributed by atoms with Crippen LogP contribution in [0.2, 0.25) is 0 Å². The number of nitrogens with zero attached hydrogens (tertiary/aromatic N) is 1. The van der Waals surface area contributed by atoms with Crippen molar-refractivity contribution in [3.05, 3.63) is 0 Å². The van der Waals surface area contributed by atoms with E-state index in [2.05, 4.69) is 10.2 Å². The molecular formula is C14H26N2O3. The molecule has 0 aromatic heterocycles. The smallest absolute Gasteiger partial charge is 0.324 e. The lowest BCUT2D eigenvalue weighted by Gasteiger charge is -2.33. The van der Waals surface area contributed by atoms with Gasteiger partial charge >= 0.3 is 5.97 Å². The third-order valence-electron chi connectivity index (χ3n) is 4.05. The van der Waals surface area contributed by atoms with Crippen molar-refractivity contribution in [1.29, 1.82) is 0 Å². The highest BCUT2D eigenvalue weighted by molar-refractivity contribution is 5.76. The first-order chi connectivity index (χ1) is 9.22. The third-order valence-corrected chi connectivity index (χ3v) is 4.05. The molecule has 0 aromatic carbocycles. The lowest BCUT2D eigenvalue weighted by atomic mass is 9.97. The number of hydrogen-bond acceptors (Lipinski definition) is 5. The fraction of sp³-hybridized carbons (Fsp3) is 0.929. The van der Waals surface area contributed by atoms with E-state index in [-0.39, 0.29) is 12.0 Å². The number of carbonyl (C=O) groups excluding carboxylic acids is 1. The van der Waals surface area contributed by atoms with Crippen LogP contribution in [0.1, 0.15) is 25.7 Å². The number of esters is 1. The Bertz CT molecular complexity index is 286. The van der Waals surface area contributed by atoms with Crippen LogP contribution in [0, 0.1) is 5.92 Å². The molecular weight excluding hydrogens is 244 g/mol. The summed E-state index contributed by atoms with van der Waals surface area (Å²) in [6, 6.07) is 0.353. The zero-order chi connectivity index (χ0) is 13.7. The summed E-state index contributed by atoms with van der Waals surface area (Å²) in [7, 11) is 3.23. The number of carbonyl (C=O) groups is 1. The minimum absolute atomic E-state index is 0.133. The molecule has 2 rings (SSSR count). The average molecular weight is 270 g/mol. The van der Waals surface area contributed by atoms with E-state index in [4.69, 9.17) is 9.47 Å². The zero-order valence-electron chi connectivity index (χ0n) is 12.1. The van der Waals surface area contributed by atoms with Gasteiger partial charge in [0, 0.05) is 26.3 Å². The largest absolute Gasteiger partial charge is 0.468 e. The molecule has 0 bridgehead atoms. The van der Waals surface area contributed by atoms with E-state index >= 15 is 0 Å². The fourth-order valence-electron chi connectivity index (χ4n) is 2.70. The number of nitrogens with one attached hydrogen (secondary N) is 1. The number of hydrogen-bond donors (Lipinski definition) is 1. The van der Waals surface area contributed by atoms with Gasteiger partial charge in [-0.15, -0.1) is 0 Å². The predicted molar refractivity (Wildman–Crippen MR) is 73.0 cm³/mol. The molecule has 0 aromatic rings. The number of ether oxygens (including phenoxy) is 2. The van der Waals surface area contributed by atoms with Gasteiger partial charge in [-0.25, -0.2) is 0 Å². The summed E-state index contributed by atoms with van der Waals surface area (Å²) in [5, 5.41) is 3.38. The molecule has 1 heterocycles. The van der Waals surface area contributed by atoms with Gasteiger partial charge in [-0.2, -0.15) is 0 Å². The van der Waals surface area contributed by atoms with E-state index in [0.717, 1.165) is 39.1 Å². The summed E-state index contributed by atoms with van der Waals surface area (Å²) in [6.07, 6.45) is 4.68. The summed E-state index contributed by atoms with van der Waals surface area (Å²) >= 11 is 0.